The zero-order valence-electron chi connectivity index (χ0n) is 9.22. The van der Waals surface area contributed by atoms with Gasteiger partial charge in [0.05, 0.1) is 0 Å². The van der Waals surface area contributed by atoms with E-state index in [1.165, 1.54) is 0 Å². The maximum atomic E-state index is 11.6. The van der Waals surface area contributed by atoms with Crippen molar-refractivity contribution in [1.82, 2.24) is 5.32 Å². The molecule has 7 heteroatoms. The zero-order valence-corrected chi connectivity index (χ0v) is 9.22. The first-order chi connectivity index (χ1) is 8.00. The van der Waals surface area contributed by atoms with Crippen LogP contribution in [0.1, 0.15) is 25.7 Å². The number of amides is 1. The van der Waals surface area contributed by atoms with E-state index < -0.39 is 30.0 Å². The Labute approximate surface area is 97.8 Å². The van der Waals surface area contributed by atoms with Gasteiger partial charge in [-0.05, 0) is 19.3 Å². The van der Waals surface area contributed by atoms with Crippen LogP contribution in [0.5, 0.6) is 0 Å². The molecule has 1 amide bonds. The van der Waals surface area contributed by atoms with Crippen LogP contribution in [0.3, 0.4) is 0 Å². The number of nitrogens with one attached hydrogen (secondary N) is 1. The van der Waals surface area contributed by atoms with Gasteiger partial charge in [0.25, 0.3) is 0 Å². The Hall–Kier alpha value is -1.63. The van der Waals surface area contributed by atoms with Gasteiger partial charge in [0, 0.05) is 13.0 Å². The molecule has 1 rings (SSSR count). The van der Waals surface area contributed by atoms with Crippen molar-refractivity contribution in [3.8, 4) is 0 Å². The predicted molar refractivity (Wildman–Crippen MR) is 55.4 cm³/mol. The third kappa shape index (κ3) is 4.39. The molecule has 0 saturated carbocycles. The summed E-state index contributed by atoms with van der Waals surface area (Å²) in [7, 11) is 0. The van der Waals surface area contributed by atoms with Crippen molar-refractivity contribution in [3.63, 3.8) is 0 Å². The molecule has 1 fully saturated rings. The van der Waals surface area contributed by atoms with Crippen molar-refractivity contribution >= 4 is 17.8 Å². The predicted octanol–water partition coefficient (Wildman–Crippen LogP) is -0.400. The van der Waals surface area contributed by atoms with Crippen molar-refractivity contribution < 1.29 is 29.3 Å². The average Bonchev–Trinajstić information content (AvgIpc) is 2.76. The van der Waals surface area contributed by atoms with E-state index in [0.29, 0.717) is 13.0 Å². The van der Waals surface area contributed by atoms with Gasteiger partial charge in [0.15, 0.2) is 0 Å². The van der Waals surface area contributed by atoms with Crippen LogP contribution in [0, 0.1) is 0 Å². The highest BCUT2D eigenvalue weighted by atomic mass is 16.5. The number of carboxylic acids is 2. The lowest BCUT2D eigenvalue weighted by Crippen LogP contribution is -2.45. The topological polar surface area (TPSA) is 113 Å². The lowest BCUT2D eigenvalue weighted by Gasteiger charge is -2.16. The SMILES string of the molecule is O=C(O)CC[C@H](NC(=O)[C@@H]1CCCO1)C(=O)O. The van der Waals surface area contributed by atoms with Crippen molar-refractivity contribution in [1.29, 1.82) is 0 Å². The second-order valence-electron chi connectivity index (χ2n) is 3.83. The summed E-state index contributed by atoms with van der Waals surface area (Å²) in [5, 5.41) is 19.6. The highest BCUT2D eigenvalue weighted by Crippen LogP contribution is 2.12. The smallest absolute Gasteiger partial charge is 0.326 e. The molecule has 1 heterocycles. The standard InChI is InChI=1S/C10H15NO6/c12-8(13)4-3-6(10(15)16)11-9(14)7-2-1-5-17-7/h6-7H,1-5H2,(H,11,14)(H,12,13)(H,15,16)/t6-,7-/m0/s1. The number of carbonyl (C=O) groups excluding carboxylic acids is 1. The van der Waals surface area contributed by atoms with Crippen LogP contribution in [0.15, 0.2) is 0 Å². The van der Waals surface area contributed by atoms with Crippen molar-refractivity contribution in [3.05, 3.63) is 0 Å². The minimum absolute atomic E-state index is 0.136. The van der Waals surface area contributed by atoms with Crippen molar-refractivity contribution in [2.75, 3.05) is 6.61 Å². The fourth-order valence-corrected chi connectivity index (χ4v) is 1.57. The van der Waals surface area contributed by atoms with Crippen LogP contribution >= 0.6 is 0 Å². The summed E-state index contributed by atoms with van der Waals surface area (Å²) in [6, 6.07) is -1.18. The minimum atomic E-state index is -1.24. The average molecular weight is 245 g/mol. The quantitative estimate of drug-likeness (QED) is 0.586. The summed E-state index contributed by atoms with van der Waals surface area (Å²) in [5.41, 5.74) is 0. The third-order valence-corrected chi connectivity index (χ3v) is 2.48. The van der Waals surface area contributed by atoms with Gasteiger partial charge >= 0.3 is 11.9 Å². The fourth-order valence-electron chi connectivity index (χ4n) is 1.57. The van der Waals surface area contributed by atoms with Gasteiger partial charge in [-0.3, -0.25) is 9.59 Å². The van der Waals surface area contributed by atoms with E-state index in [-0.39, 0.29) is 12.8 Å². The van der Waals surface area contributed by atoms with Gasteiger partial charge in [-0.2, -0.15) is 0 Å². The molecular formula is C10H15NO6. The Morgan fingerprint density at radius 1 is 1.35 bits per heavy atom. The molecule has 7 nitrogen and oxygen atoms in total. The summed E-state index contributed by atoms with van der Waals surface area (Å²) in [4.78, 5) is 32.7. The lowest BCUT2D eigenvalue weighted by molar-refractivity contribution is -0.144. The van der Waals surface area contributed by atoms with E-state index in [4.69, 9.17) is 14.9 Å². The van der Waals surface area contributed by atoms with E-state index >= 15 is 0 Å². The fraction of sp³-hybridized carbons (Fsp3) is 0.700. The van der Waals surface area contributed by atoms with Gasteiger partial charge in [-0.25, -0.2) is 4.79 Å². The molecule has 0 aromatic carbocycles. The number of aliphatic carboxylic acids is 2. The Bertz CT molecular complexity index is 310. The van der Waals surface area contributed by atoms with Crippen LogP contribution < -0.4 is 5.32 Å². The summed E-state index contributed by atoms with van der Waals surface area (Å²) >= 11 is 0. The van der Waals surface area contributed by atoms with Gasteiger partial charge in [-0.1, -0.05) is 0 Å². The van der Waals surface area contributed by atoms with Gasteiger partial charge in [0.1, 0.15) is 12.1 Å². The molecule has 1 saturated heterocycles. The third-order valence-electron chi connectivity index (χ3n) is 2.48. The van der Waals surface area contributed by atoms with Crippen LogP contribution in [0.4, 0.5) is 0 Å². The Morgan fingerprint density at radius 3 is 2.53 bits per heavy atom. The van der Waals surface area contributed by atoms with Gasteiger partial charge in [-0.15, -0.1) is 0 Å². The van der Waals surface area contributed by atoms with E-state index in [1.807, 2.05) is 0 Å². The molecule has 0 unspecified atom stereocenters. The van der Waals surface area contributed by atoms with Gasteiger partial charge in [0.2, 0.25) is 5.91 Å². The van der Waals surface area contributed by atoms with Crippen molar-refractivity contribution in [2.24, 2.45) is 0 Å². The number of hydrogen-bond acceptors (Lipinski definition) is 4. The Balaban J connectivity index is 2.44. The first kappa shape index (κ1) is 13.4. The van der Waals surface area contributed by atoms with Crippen LogP contribution in [0.2, 0.25) is 0 Å². The maximum absolute atomic E-state index is 11.6. The van der Waals surface area contributed by atoms with Crippen LogP contribution in [0.25, 0.3) is 0 Å². The molecule has 0 aromatic heterocycles. The molecule has 0 bridgehead atoms. The van der Waals surface area contributed by atoms with Crippen LogP contribution in [-0.4, -0.2) is 46.8 Å². The van der Waals surface area contributed by atoms with E-state index in [0.717, 1.165) is 6.42 Å². The number of hydrogen-bond donors (Lipinski definition) is 3. The van der Waals surface area contributed by atoms with E-state index in [9.17, 15) is 14.4 Å². The minimum Gasteiger partial charge on any atom is -0.481 e. The number of ether oxygens (including phenoxy) is 1. The molecule has 1 aliphatic rings. The molecule has 0 aliphatic carbocycles. The normalized spacial score (nSPS) is 20.8. The summed E-state index contributed by atoms with van der Waals surface area (Å²) < 4.78 is 5.10. The second-order valence-corrected chi connectivity index (χ2v) is 3.83. The molecule has 0 radical (unpaired) electrons. The summed E-state index contributed by atoms with van der Waals surface area (Å²) in [6.07, 6.45) is 0.287. The highest BCUT2D eigenvalue weighted by molar-refractivity contribution is 5.86. The monoisotopic (exact) mass is 245 g/mol. The highest BCUT2D eigenvalue weighted by Gasteiger charge is 2.28. The van der Waals surface area contributed by atoms with Crippen LogP contribution in [-0.2, 0) is 19.1 Å². The van der Waals surface area contributed by atoms with E-state index in [2.05, 4.69) is 5.32 Å². The summed E-state index contributed by atoms with van der Waals surface area (Å²) in [6.45, 7) is 0.491. The first-order valence-electron chi connectivity index (χ1n) is 5.37. The summed E-state index contributed by atoms with van der Waals surface area (Å²) in [5.74, 6) is -2.82. The molecule has 0 aromatic rings. The number of carbonyl (C=O) groups is 3. The zero-order chi connectivity index (χ0) is 12.8. The number of carboxylic acid groups (broad SMARTS) is 2. The Morgan fingerprint density at radius 2 is 2.06 bits per heavy atom. The maximum Gasteiger partial charge on any atom is 0.326 e. The molecule has 0 spiro atoms. The Kier molecular flexibility index (Phi) is 4.89. The molecule has 17 heavy (non-hydrogen) atoms. The first-order valence-corrected chi connectivity index (χ1v) is 5.37. The van der Waals surface area contributed by atoms with Crippen molar-refractivity contribution in [2.45, 2.75) is 37.8 Å². The lowest BCUT2D eigenvalue weighted by atomic mass is 10.1. The number of rotatable bonds is 6. The molecule has 3 N–H and O–H groups in total. The second kappa shape index (κ2) is 6.19. The van der Waals surface area contributed by atoms with Gasteiger partial charge < -0.3 is 20.3 Å². The molecule has 96 valence electrons. The molecular weight excluding hydrogens is 230 g/mol. The van der Waals surface area contributed by atoms with E-state index in [1.54, 1.807) is 0 Å². The molecule has 1 aliphatic heterocycles. The molecule has 2 atom stereocenters. The largest absolute Gasteiger partial charge is 0.481 e.